The van der Waals surface area contributed by atoms with Crippen LogP contribution in [0.1, 0.15) is 32.3 Å². The van der Waals surface area contributed by atoms with Crippen LogP contribution in [0.25, 0.3) is 0 Å². The molecular formula is C28H32N6O5. The van der Waals surface area contributed by atoms with Crippen molar-refractivity contribution in [2.45, 2.75) is 32.7 Å². The molecule has 204 valence electrons. The maximum Gasteiger partial charge on any atom is 0.363 e. The SMILES string of the molecule is CC.CN(C=O)c1c(C#CC2C3CN(c4ccc([N+](=O)[O-])nc4)CC23)cccc1N(C)C1CCC(=O)NC1=O. The van der Waals surface area contributed by atoms with Crippen LogP contribution in [0.15, 0.2) is 36.5 Å². The molecule has 5 rings (SSSR count). The average molecular weight is 533 g/mol. The summed E-state index contributed by atoms with van der Waals surface area (Å²) in [7, 11) is 3.43. The van der Waals surface area contributed by atoms with Crippen molar-refractivity contribution >= 4 is 41.1 Å². The van der Waals surface area contributed by atoms with Crippen molar-refractivity contribution in [2.24, 2.45) is 17.8 Å². The van der Waals surface area contributed by atoms with Crippen LogP contribution in [0.3, 0.4) is 0 Å². The number of nitro groups is 1. The minimum Gasteiger partial charge on any atom is -0.368 e. The monoisotopic (exact) mass is 532 g/mol. The fourth-order valence-electron chi connectivity index (χ4n) is 5.35. The third kappa shape index (κ3) is 5.55. The highest BCUT2D eigenvalue weighted by Crippen LogP contribution is 2.52. The van der Waals surface area contributed by atoms with Crippen molar-refractivity contribution in [3.8, 4) is 11.8 Å². The molecule has 0 bridgehead atoms. The number of carbonyl (C=O) groups is 3. The largest absolute Gasteiger partial charge is 0.368 e. The van der Waals surface area contributed by atoms with E-state index in [-0.39, 0.29) is 30.0 Å². The Bertz CT molecular complexity index is 1320. The summed E-state index contributed by atoms with van der Waals surface area (Å²) in [4.78, 5) is 55.4. The number of pyridine rings is 1. The topological polar surface area (TPSA) is 129 Å². The standard InChI is InChI=1S/C26H26N6O5.C2H6/c1-29(15-33)25-16(4-3-5-21(25)30(2)22-9-11-24(34)28-26(22)35)6-8-18-19-13-31(14-20(18)19)17-7-10-23(27-12-17)32(36)37;1-2/h3-5,7,10,12,15,18-20,22H,9,11,13-14H2,1-2H3,(H,28,34,35);1-2H3. The second-order valence-corrected chi connectivity index (χ2v) is 9.63. The predicted octanol–water partition coefficient (Wildman–Crippen LogP) is 2.58. The van der Waals surface area contributed by atoms with Gasteiger partial charge in [0.1, 0.15) is 6.04 Å². The molecule has 3 heterocycles. The van der Waals surface area contributed by atoms with Crippen LogP contribution < -0.4 is 20.0 Å². The fourth-order valence-corrected chi connectivity index (χ4v) is 5.35. The number of imide groups is 1. The summed E-state index contributed by atoms with van der Waals surface area (Å²) in [6.07, 6.45) is 2.91. The van der Waals surface area contributed by atoms with Crippen molar-refractivity contribution in [1.82, 2.24) is 10.3 Å². The van der Waals surface area contributed by atoms with Crippen LogP contribution >= 0.6 is 0 Å². The predicted molar refractivity (Wildman–Crippen MR) is 147 cm³/mol. The molecule has 2 aliphatic heterocycles. The molecule has 0 radical (unpaired) electrons. The van der Waals surface area contributed by atoms with E-state index in [1.807, 2.05) is 32.0 Å². The van der Waals surface area contributed by atoms with E-state index in [0.29, 0.717) is 41.6 Å². The van der Waals surface area contributed by atoms with Crippen LogP contribution in [-0.2, 0) is 14.4 Å². The lowest BCUT2D eigenvalue weighted by atomic mass is 10.0. The lowest BCUT2D eigenvalue weighted by Gasteiger charge is -2.33. The Morgan fingerprint density at radius 2 is 1.87 bits per heavy atom. The number of nitrogens with one attached hydrogen (secondary N) is 1. The van der Waals surface area contributed by atoms with Gasteiger partial charge in [0.25, 0.3) is 0 Å². The molecule has 1 N–H and O–H groups in total. The number of carbonyl (C=O) groups excluding carboxylic acids is 3. The Morgan fingerprint density at radius 1 is 1.15 bits per heavy atom. The molecule has 1 aromatic carbocycles. The normalized spacial score (nSPS) is 22.8. The average Bonchev–Trinajstić information content (AvgIpc) is 3.39. The molecule has 1 saturated carbocycles. The van der Waals surface area contributed by atoms with Crippen molar-refractivity contribution in [2.75, 3.05) is 41.9 Å². The van der Waals surface area contributed by atoms with Gasteiger partial charge in [-0.05, 0) is 46.4 Å². The van der Waals surface area contributed by atoms with Crippen LogP contribution in [0.5, 0.6) is 0 Å². The molecule has 3 amide bonds. The van der Waals surface area contributed by atoms with E-state index in [2.05, 4.69) is 27.0 Å². The number of nitrogens with zero attached hydrogens (tertiary/aromatic N) is 5. The van der Waals surface area contributed by atoms with Crippen LogP contribution in [0, 0.1) is 39.7 Å². The Kier molecular flexibility index (Phi) is 8.14. The van der Waals surface area contributed by atoms with Gasteiger partial charge < -0.3 is 24.8 Å². The number of para-hydroxylation sites is 1. The van der Waals surface area contributed by atoms with E-state index in [4.69, 9.17) is 0 Å². The number of rotatable bonds is 6. The summed E-state index contributed by atoms with van der Waals surface area (Å²) >= 11 is 0. The number of benzene rings is 1. The van der Waals surface area contributed by atoms with Crippen LogP contribution in [0.2, 0.25) is 0 Å². The van der Waals surface area contributed by atoms with E-state index >= 15 is 0 Å². The number of fused-ring (bicyclic) bond motifs is 1. The summed E-state index contributed by atoms with van der Waals surface area (Å²) < 4.78 is 0. The van der Waals surface area contributed by atoms with E-state index in [1.54, 1.807) is 25.1 Å². The van der Waals surface area contributed by atoms with E-state index in [9.17, 15) is 24.5 Å². The lowest BCUT2D eigenvalue weighted by Crippen LogP contribution is -2.51. The first-order chi connectivity index (χ1) is 18.8. The zero-order valence-electron chi connectivity index (χ0n) is 22.5. The first kappa shape index (κ1) is 27.6. The summed E-state index contributed by atoms with van der Waals surface area (Å²) in [6.45, 7) is 5.62. The van der Waals surface area contributed by atoms with Gasteiger partial charge in [0.15, 0.2) is 6.20 Å². The van der Waals surface area contributed by atoms with Crippen LogP contribution in [0.4, 0.5) is 22.9 Å². The highest BCUT2D eigenvalue weighted by molar-refractivity contribution is 6.02. The van der Waals surface area contributed by atoms with Crippen LogP contribution in [-0.4, -0.2) is 61.4 Å². The van der Waals surface area contributed by atoms with Crippen molar-refractivity contribution in [3.63, 3.8) is 0 Å². The molecule has 3 unspecified atom stereocenters. The molecule has 3 fully saturated rings. The van der Waals surface area contributed by atoms with Crippen molar-refractivity contribution in [1.29, 1.82) is 0 Å². The molecule has 0 spiro atoms. The van der Waals surface area contributed by atoms with Gasteiger partial charge in [-0.25, -0.2) is 0 Å². The Labute approximate surface area is 227 Å². The second-order valence-electron chi connectivity index (χ2n) is 9.63. The molecule has 39 heavy (non-hydrogen) atoms. The van der Waals surface area contributed by atoms with Gasteiger partial charge in [-0.15, -0.1) is 0 Å². The molecular weight excluding hydrogens is 500 g/mol. The zero-order chi connectivity index (χ0) is 28.3. The Morgan fingerprint density at radius 3 is 2.46 bits per heavy atom. The molecule has 2 saturated heterocycles. The molecule has 11 nitrogen and oxygen atoms in total. The van der Waals surface area contributed by atoms with Gasteiger partial charge in [-0.1, -0.05) is 31.8 Å². The molecule has 11 heteroatoms. The van der Waals surface area contributed by atoms with Gasteiger partial charge in [0.05, 0.1) is 22.6 Å². The molecule has 2 aromatic rings. The van der Waals surface area contributed by atoms with E-state index < -0.39 is 11.0 Å². The summed E-state index contributed by atoms with van der Waals surface area (Å²) in [5.41, 5.74) is 2.85. The number of hydrogen-bond donors (Lipinski definition) is 1. The summed E-state index contributed by atoms with van der Waals surface area (Å²) in [6, 6.07) is 8.16. The molecule has 1 aliphatic carbocycles. The minimum atomic E-state index is -0.526. The third-order valence-electron chi connectivity index (χ3n) is 7.44. The number of likely N-dealkylation sites (N-methyl/N-ethyl adjacent to an activating group) is 1. The number of aromatic nitrogens is 1. The van der Waals surface area contributed by atoms with E-state index in [0.717, 1.165) is 18.8 Å². The number of hydrogen-bond acceptors (Lipinski definition) is 8. The van der Waals surface area contributed by atoms with Crippen molar-refractivity contribution < 1.29 is 19.3 Å². The zero-order valence-corrected chi connectivity index (χ0v) is 22.5. The van der Waals surface area contributed by atoms with Gasteiger partial charge >= 0.3 is 5.82 Å². The molecule has 3 atom stereocenters. The maximum atomic E-state index is 12.4. The van der Waals surface area contributed by atoms with Gasteiger partial charge in [-0.2, -0.15) is 0 Å². The second kappa shape index (κ2) is 11.5. The molecule has 3 aliphatic rings. The van der Waals surface area contributed by atoms with E-state index in [1.165, 1.54) is 17.2 Å². The fraction of sp³-hybridized carbons (Fsp3) is 0.429. The Balaban J connectivity index is 0.00000172. The number of anilines is 3. The van der Waals surface area contributed by atoms with Crippen molar-refractivity contribution in [3.05, 3.63) is 52.2 Å². The van der Waals surface area contributed by atoms with Gasteiger partial charge in [-0.3, -0.25) is 19.7 Å². The number of amides is 3. The lowest BCUT2D eigenvalue weighted by molar-refractivity contribution is -0.389. The summed E-state index contributed by atoms with van der Waals surface area (Å²) in [5.74, 6) is 6.90. The quantitative estimate of drug-likeness (QED) is 0.198. The van der Waals surface area contributed by atoms with Gasteiger partial charge in [0, 0.05) is 45.6 Å². The highest BCUT2D eigenvalue weighted by atomic mass is 16.6. The first-order valence-electron chi connectivity index (χ1n) is 13.0. The molecule has 1 aromatic heterocycles. The Hall–Kier alpha value is -4.46. The first-order valence-corrected chi connectivity index (χ1v) is 13.0. The van der Waals surface area contributed by atoms with Gasteiger partial charge in [0.2, 0.25) is 18.2 Å². The number of piperidine rings is 2. The highest BCUT2D eigenvalue weighted by Gasteiger charge is 2.55. The third-order valence-corrected chi connectivity index (χ3v) is 7.44. The minimum absolute atomic E-state index is 0.168. The summed E-state index contributed by atoms with van der Waals surface area (Å²) in [5, 5.41) is 13.2. The maximum absolute atomic E-state index is 12.4. The smallest absolute Gasteiger partial charge is 0.363 e.